The molecule has 28 heavy (non-hydrogen) atoms. The zero-order valence-corrected chi connectivity index (χ0v) is 19.1. The van der Waals surface area contributed by atoms with Crippen molar-refractivity contribution in [3.05, 3.63) is 0 Å². The zero-order valence-electron chi connectivity index (χ0n) is 16.8. The molecule has 0 aromatic carbocycles. The highest BCUT2D eigenvalue weighted by molar-refractivity contribution is 7.99. The van der Waals surface area contributed by atoms with Gasteiger partial charge in [-0.05, 0) is 39.0 Å². The Kier molecular flexibility index (Phi) is 10.8. The van der Waals surface area contributed by atoms with Crippen LogP contribution in [0.25, 0.3) is 0 Å². The number of alkyl halides is 1. The molecule has 4 N–H and O–H groups in total. The van der Waals surface area contributed by atoms with Crippen LogP contribution in [0.1, 0.15) is 33.1 Å². The van der Waals surface area contributed by atoms with E-state index in [0.29, 0.717) is 5.92 Å². The second kappa shape index (κ2) is 11.6. The van der Waals surface area contributed by atoms with Crippen LogP contribution in [0.4, 0.5) is 0 Å². The lowest BCUT2D eigenvalue weighted by atomic mass is 9.92. The Morgan fingerprint density at radius 3 is 2.50 bits per heavy atom. The number of rotatable bonds is 7. The molecule has 166 valence electrons. The number of likely N-dealkylation sites (N-methyl/N-ethyl adjacent to an activating group) is 1. The number of likely N-dealkylation sites (tertiary alicyclic amines) is 1. The Labute approximate surface area is 182 Å². The molecule has 2 rings (SSSR count). The molecule has 9 atom stereocenters. The van der Waals surface area contributed by atoms with E-state index >= 15 is 0 Å². The number of nitrogens with one attached hydrogen (secondary N) is 1. The first-order valence-electron chi connectivity index (χ1n) is 9.58. The van der Waals surface area contributed by atoms with Crippen LogP contribution in [0.2, 0.25) is 0 Å². The highest BCUT2D eigenvalue weighted by atomic mass is 35.5. The van der Waals surface area contributed by atoms with Gasteiger partial charge in [0.2, 0.25) is 5.91 Å². The van der Waals surface area contributed by atoms with Gasteiger partial charge in [-0.15, -0.1) is 23.4 Å². The minimum atomic E-state index is -1.36. The summed E-state index contributed by atoms with van der Waals surface area (Å²) in [7, 11) is 1.94. The first kappa shape index (κ1) is 26.2. The molecule has 1 unspecified atom stereocenters. The highest BCUT2D eigenvalue weighted by Crippen LogP contribution is 2.31. The maximum absolute atomic E-state index is 12.9. The number of aliphatic hydroxyl groups excluding tert-OH is 3. The van der Waals surface area contributed by atoms with Gasteiger partial charge < -0.3 is 37.8 Å². The molecular formula is C18H33Cl2N2O5S-. The molecule has 0 aliphatic carbocycles. The largest absolute Gasteiger partial charge is 1.00 e. The van der Waals surface area contributed by atoms with Crippen molar-refractivity contribution in [1.29, 1.82) is 0 Å². The number of aliphatic hydroxyl groups is 3. The Morgan fingerprint density at radius 2 is 1.96 bits per heavy atom. The molecule has 2 fully saturated rings. The SMILES string of the molecule is CCC[C@@H]1C[C@@H](C(=O)N[C@@H](C2O[C@H](SC)[C@H](O)[C@@H](O)[C@H]2O)[C@H](C)Cl)N(C)C1.[Cl-]. The number of ether oxygens (including phenoxy) is 1. The standard InChI is InChI=1S/C18H33ClN2O5S.ClH/c1-5-6-10-7-11(21(3)8-10)17(25)20-12(9(2)19)16-14(23)13(22)15(24)18(26-16)27-4;/h9-16,18,22-24H,5-8H2,1-4H3,(H,20,25);1H/p-1/t9-,10+,11-,12+,13-,14+,15+,16?,18+;/m0./s1. The van der Waals surface area contributed by atoms with Crippen molar-refractivity contribution in [2.24, 2.45) is 5.92 Å². The molecule has 1 amide bonds. The normalized spacial score (nSPS) is 38.5. The van der Waals surface area contributed by atoms with E-state index in [1.54, 1.807) is 13.2 Å². The Hall–Kier alpha value is 0.200. The summed E-state index contributed by atoms with van der Waals surface area (Å²) in [5, 5.41) is 33.0. The maximum Gasteiger partial charge on any atom is 0.237 e. The second-order valence-corrected chi connectivity index (χ2v) is 9.36. The summed E-state index contributed by atoms with van der Waals surface area (Å²) in [4.78, 5) is 14.9. The van der Waals surface area contributed by atoms with E-state index < -0.39 is 41.3 Å². The number of halogens is 2. The molecule has 2 saturated heterocycles. The molecule has 0 aromatic heterocycles. The average molecular weight is 460 g/mol. The molecule has 0 bridgehead atoms. The number of hydrogen-bond acceptors (Lipinski definition) is 7. The van der Waals surface area contributed by atoms with Crippen molar-refractivity contribution in [3.63, 3.8) is 0 Å². The Morgan fingerprint density at radius 1 is 1.32 bits per heavy atom. The predicted octanol–water partition coefficient (Wildman–Crippen LogP) is -2.61. The minimum Gasteiger partial charge on any atom is -1.00 e. The van der Waals surface area contributed by atoms with Gasteiger partial charge in [0.25, 0.3) is 0 Å². The summed E-state index contributed by atoms with van der Waals surface area (Å²) in [6.07, 6.45) is -0.0980. The van der Waals surface area contributed by atoms with Gasteiger partial charge in [0, 0.05) is 6.54 Å². The van der Waals surface area contributed by atoms with E-state index in [2.05, 4.69) is 12.2 Å². The van der Waals surface area contributed by atoms with Crippen LogP contribution in [-0.4, -0.2) is 93.3 Å². The molecule has 0 spiro atoms. The lowest BCUT2D eigenvalue weighted by Gasteiger charge is -2.44. The lowest BCUT2D eigenvalue weighted by Crippen LogP contribution is -3.00. The minimum absolute atomic E-state index is 0. The lowest BCUT2D eigenvalue weighted by molar-refractivity contribution is -0.205. The van der Waals surface area contributed by atoms with Crippen molar-refractivity contribution < 1.29 is 37.3 Å². The summed E-state index contributed by atoms with van der Waals surface area (Å²) in [5.74, 6) is 0.350. The van der Waals surface area contributed by atoms with Gasteiger partial charge >= 0.3 is 0 Å². The maximum atomic E-state index is 12.9. The molecule has 7 nitrogen and oxygen atoms in total. The highest BCUT2D eigenvalue weighted by Gasteiger charge is 2.48. The average Bonchev–Trinajstić information content (AvgIpc) is 2.99. The molecule has 2 aliphatic rings. The van der Waals surface area contributed by atoms with Gasteiger partial charge in [-0.1, -0.05) is 13.3 Å². The number of carbonyl (C=O) groups excluding carboxylic acids is 1. The van der Waals surface area contributed by atoms with Crippen LogP contribution in [-0.2, 0) is 9.53 Å². The van der Waals surface area contributed by atoms with Crippen LogP contribution in [0, 0.1) is 5.92 Å². The molecular weight excluding hydrogens is 427 g/mol. The topological polar surface area (TPSA) is 102 Å². The van der Waals surface area contributed by atoms with Gasteiger partial charge in [-0.2, -0.15) is 0 Å². The van der Waals surface area contributed by atoms with Crippen molar-refractivity contribution >= 4 is 29.3 Å². The van der Waals surface area contributed by atoms with E-state index in [1.165, 1.54) is 11.8 Å². The van der Waals surface area contributed by atoms with E-state index in [-0.39, 0.29) is 24.4 Å². The van der Waals surface area contributed by atoms with Gasteiger partial charge in [-0.3, -0.25) is 9.69 Å². The van der Waals surface area contributed by atoms with Crippen molar-refractivity contribution in [2.75, 3.05) is 19.8 Å². The van der Waals surface area contributed by atoms with Gasteiger partial charge in [0.1, 0.15) is 29.9 Å². The monoisotopic (exact) mass is 459 g/mol. The first-order chi connectivity index (χ1) is 12.7. The smallest absolute Gasteiger partial charge is 0.237 e. The molecule has 0 aromatic rings. The molecule has 0 radical (unpaired) electrons. The quantitative estimate of drug-likeness (QED) is 0.309. The van der Waals surface area contributed by atoms with Gasteiger partial charge in [0.05, 0.1) is 17.5 Å². The van der Waals surface area contributed by atoms with Crippen LogP contribution in [0.15, 0.2) is 0 Å². The zero-order chi connectivity index (χ0) is 20.3. The third-order valence-corrected chi connectivity index (χ3v) is 6.76. The van der Waals surface area contributed by atoms with E-state index in [1.807, 2.05) is 11.9 Å². The number of thioether (sulfide) groups is 1. The van der Waals surface area contributed by atoms with Crippen molar-refractivity contribution in [1.82, 2.24) is 10.2 Å². The van der Waals surface area contributed by atoms with E-state index in [0.717, 1.165) is 25.8 Å². The van der Waals surface area contributed by atoms with Crippen LogP contribution < -0.4 is 17.7 Å². The van der Waals surface area contributed by atoms with Crippen LogP contribution in [0.5, 0.6) is 0 Å². The summed E-state index contributed by atoms with van der Waals surface area (Å²) in [5.41, 5.74) is -0.702. The summed E-state index contributed by atoms with van der Waals surface area (Å²) in [6, 6.07) is -0.934. The van der Waals surface area contributed by atoms with Crippen LogP contribution >= 0.6 is 23.4 Å². The molecule has 10 heteroatoms. The first-order valence-corrected chi connectivity index (χ1v) is 11.3. The van der Waals surface area contributed by atoms with Gasteiger partial charge in [0.15, 0.2) is 0 Å². The summed E-state index contributed by atoms with van der Waals surface area (Å²) < 4.78 is 5.79. The number of amides is 1. The summed E-state index contributed by atoms with van der Waals surface area (Å²) in [6.45, 7) is 4.74. The van der Waals surface area contributed by atoms with Crippen molar-refractivity contribution in [3.8, 4) is 0 Å². The predicted molar refractivity (Wildman–Crippen MR) is 107 cm³/mol. The Balaban J connectivity index is 0.00000392. The third kappa shape index (κ3) is 5.88. The van der Waals surface area contributed by atoms with Crippen LogP contribution in [0.3, 0.4) is 0 Å². The Bertz CT molecular complexity index is 503. The molecule has 0 saturated carbocycles. The molecule has 2 aliphatic heterocycles. The summed E-state index contributed by atoms with van der Waals surface area (Å²) >= 11 is 7.55. The van der Waals surface area contributed by atoms with E-state index in [9.17, 15) is 20.1 Å². The fourth-order valence-corrected chi connectivity index (χ4v) is 5.00. The van der Waals surface area contributed by atoms with Crippen molar-refractivity contribution in [2.45, 2.75) is 80.4 Å². The number of hydrogen-bond donors (Lipinski definition) is 4. The number of carbonyl (C=O) groups is 1. The fraction of sp³-hybridized carbons (Fsp3) is 0.944. The third-order valence-electron chi connectivity index (χ3n) is 5.63. The van der Waals surface area contributed by atoms with E-state index in [4.69, 9.17) is 16.3 Å². The second-order valence-electron chi connectivity index (χ2n) is 7.73. The fourth-order valence-electron chi connectivity index (χ4n) is 4.11. The van der Waals surface area contributed by atoms with Gasteiger partial charge in [-0.25, -0.2) is 0 Å². The molecule has 2 heterocycles. The number of nitrogens with zero attached hydrogens (tertiary/aromatic N) is 1.